The van der Waals surface area contributed by atoms with Crippen LogP contribution in [-0.2, 0) is 4.74 Å². The summed E-state index contributed by atoms with van der Waals surface area (Å²) in [6.07, 6.45) is 0. The molecule has 0 atom stereocenters. The van der Waals surface area contributed by atoms with E-state index in [1.807, 2.05) is 18.2 Å². The first-order valence-corrected chi connectivity index (χ1v) is 7.23. The number of hydrogen-bond donors (Lipinski definition) is 2. The van der Waals surface area contributed by atoms with Gasteiger partial charge in [0.15, 0.2) is 0 Å². The van der Waals surface area contributed by atoms with Crippen molar-refractivity contribution in [1.29, 1.82) is 0 Å². The normalized spacial score (nSPS) is 10.4. The second-order valence-electron chi connectivity index (χ2n) is 5.18. The SMILES string of the molecule is COC(=O)c1ccc(-c2cc(-c3ccc(C(N)=O)cc3)n[nH]2)cc1. The second kappa shape index (κ2) is 6.37. The minimum atomic E-state index is -0.463. The van der Waals surface area contributed by atoms with Gasteiger partial charge in [-0.05, 0) is 35.9 Å². The van der Waals surface area contributed by atoms with Gasteiger partial charge in [-0.2, -0.15) is 5.10 Å². The van der Waals surface area contributed by atoms with Crippen LogP contribution in [0.15, 0.2) is 54.6 Å². The second-order valence-corrected chi connectivity index (χ2v) is 5.18. The predicted octanol–water partition coefficient (Wildman–Crippen LogP) is 2.63. The average Bonchev–Trinajstić information content (AvgIpc) is 3.11. The highest BCUT2D eigenvalue weighted by molar-refractivity contribution is 5.93. The summed E-state index contributed by atoms with van der Waals surface area (Å²) < 4.78 is 4.68. The fraction of sp³-hybridized carbons (Fsp3) is 0.0556. The molecule has 0 fully saturated rings. The molecule has 3 N–H and O–H groups in total. The number of H-pyrrole nitrogens is 1. The first-order chi connectivity index (χ1) is 11.6. The smallest absolute Gasteiger partial charge is 0.337 e. The number of carbonyl (C=O) groups excluding carboxylic acids is 2. The van der Waals surface area contributed by atoms with Crippen LogP contribution in [0.5, 0.6) is 0 Å². The number of amides is 1. The lowest BCUT2D eigenvalue weighted by Crippen LogP contribution is -2.10. The third-order valence-electron chi connectivity index (χ3n) is 3.66. The minimum absolute atomic E-state index is 0.374. The molecule has 0 spiro atoms. The molecule has 0 saturated heterocycles. The first kappa shape index (κ1) is 15.5. The van der Waals surface area contributed by atoms with Crippen LogP contribution >= 0.6 is 0 Å². The molecule has 1 heterocycles. The standard InChI is InChI=1S/C18H15N3O3/c1-24-18(23)14-8-4-12(5-9-14)16-10-15(20-21-16)11-2-6-13(7-3-11)17(19)22/h2-10H,1H3,(H2,19,22)(H,20,21). The van der Waals surface area contributed by atoms with Gasteiger partial charge in [-0.1, -0.05) is 24.3 Å². The van der Waals surface area contributed by atoms with Crippen molar-refractivity contribution in [3.05, 3.63) is 65.7 Å². The topological polar surface area (TPSA) is 98.1 Å². The summed E-state index contributed by atoms with van der Waals surface area (Å²) in [6.45, 7) is 0. The maximum absolute atomic E-state index is 11.5. The number of esters is 1. The van der Waals surface area contributed by atoms with Crippen molar-refractivity contribution < 1.29 is 14.3 Å². The number of primary amides is 1. The number of nitrogens with one attached hydrogen (secondary N) is 1. The molecule has 6 nitrogen and oxygen atoms in total. The van der Waals surface area contributed by atoms with Crippen LogP contribution < -0.4 is 5.73 Å². The molecule has 0 saturated carbocycles. The van der Waals surface area contributed by atoms with Crippen molar-refractivity contribution in [2.24, 2.45) is 5.73 Å². The summed E-state index contributed by atoms with van der Waals surface area (Å²) in [5.41, 5.74) is 9.51. The lowest BCUT2D eigenvalue weighted by Gasteiger charge is -2.00. The van der Waals surface area contributed by atoms with Crippen LogP contribution in [0.1, 0.15) is 20.7 Å². The Morgan fingerprint density at radius 1 is 0.958 bits per heavy atom. The van der Waals surface area contributed by atoms with E-state index >= 15 is 0 Å². The van der Waals surface area contributed by atoms with Gasteiger partial charge in [0.25, 0.3) is 0 Å². The number of benzene rings is 2. The van der Waals surface area contributed by atoms with E-state index in [1.54, 1.807) is 36.4 Å². The lowest BCUT2D eigenvalue weighted by atomic mass is 10.1. The van der Waals surface area contributed by atoms with Gasteiger partial charge in [-0.15, -0.1) is 0 Å². The Kier molecular flexibility index (Phi) is 4.11. The molecule has 0 aliphatic carbocycles. The highest BCUT2D eigenvalue weighted by atomic mass is 16.5. The number of nitrogens with two attached hydrogens (primary N) is 1. The van der Waals surface area contributed by atoms with Crippen LogP contribution in [0.25, 0.3) is 22.5 Å². The van der Waals surface area contributed by atoms with E-state index < -0.39 is 5.91 Å². The molecule has 0 radical (unpaired) electrons. The molecular formula is C18H15N3O3. The van der Waals surface area contributed by atoms with Crippen LogP contribution in [0, 0.1) is 0 Å². The van der Waals surface area contributed by atoms with Gasteiger partial charge in [0.1, 0.15) is 0 Å². The molecule has 6 heteroatoms. The predicted molar refractivity (Wildman–Crippen MR) is 89.3 cm³/mol. The average molecular weight is 321 g/mol. The summed E-state index contributed by atoms with van der Waals surface area (Å²) in [6, 6.07) is 15.8. The van der Waals surface area contributed by atoms with E-state index in [0.717, 1.165) is 22.5 Å². The maximum Gasteiger partial charge on any atom is 0.337 e. The van der Waals surface area contributed by atoms with Gasteiger partial charge >= 0.3 is 5.97 Å². The highest BCUT2D eigenvalue weighted by Gasteiger charge is 2.09. The lowest BCUT2D eigenvalue weighted by molar-refractivity contribution is 0.0600. The quantitative estimate of drug-likeness (QED) is 0.722. The van der Waals surface area contributed by atoms with Gasteiger partial charge in [0.05, 0.1) is 24.1 Å². The summed E-state index contributed by atoms with van der Waals surface area (Å²) in [4.78, 5) is 22.6. The number of ether oxygens (including phenoxy) is 1. The van der Waals surface area contributed by atoms with E-state index in [1.165, 1.54) is 7.11 Å². The summed E-state index contributed by atoms with van der Waals surface area (Å²) in [7, 11) is 1.35. The van der Waals surface area contributed by atoms with Crippen LogP contribution in [0.3, 0.4) is 0 Å². The van der Waals surface area contributed by atoms with Crippen molar-refractivity contribution in [1.82, 2.24) is 10.2 Å². The zero-order valence-corrected chi connectivity index (χ0v) is 12.9. The Labute approximate surface area is 138 Å². The zero-order chi connectivity index (χ0) is 17.1. The van der Waals surface area contributed by atoms with Gasteiger partial charge in [0, 0.05) is 11.1 Å². The Hall–Kier alpha value is -3.41. The molecule has 3 aromatic rings. The van der Waals surface area contributed by atoms with E-state index in [2.05, 4.69) is 14.9 Å². The number of hydrogen-bond acceptors (Lipinski definition) is 4. The molecule has 0 bridgehead atoms. The number of nitrogens with zero attached hydrogens (tertiary/aromatic N) is 1. The van der Waals surface area contributed by atoms with Crippen molar-refractivity contribution >= 4 is 11.9 Å². The summed E-state index contributed by atoms with van der Waals surface area (Å²) in [5.74, 6) is -0.837. The van der Waals surface area contributed by atoms with Crippen molar-refractivity contribution in [2.45, 2.75) is 0 Å². The van der Waals surface area contributed by atoms with Crippen LogP contribution in [-0.4, -0.2) is 29.2 Å². The summed E-state index contributed by atoms with van der Waals surface area (Å²) in [5, 5.41) is 7.24. The highest BCUT2D eigenvalue weighted by Crippen LogP contribution is 2.24. The van der Waals surface area contributed by atoms with Gasteiger partial charge < -0.3 is 10.5 Å². The third-order valence-corrected chi connectivity index (χ3v) is 3.66. The number of aromatic nitrogens is 2. The fourth-order valence-corrected chi connectivity index (χ4v) is 2.33. The molecule has 0 aliphatic rings. The number of methoxy groups -OCH3 is 1. The number of carbonyl (C=O) groups is 2. The largest absolute Gasteiger partial charge is 0.465 e. The monoisotopic (exact) mass is 321 g/mol. The summed E-state index contributed by atoms with van der Waals surface area (Å²) >= 11 is 0. The first-order valence-electron chi connectivity index (χ1n) is 7.23. The van der Waals surface area contributed by atoms with Crippen molar-refractivity contribution in [2.75, 3.05) is 7.11 Å². The number of rotatable bonds is 4. The molecule has 3 rings (SSSR count). The third kappa shape index (κ3) is 3.03. The Bertz CT molecular complexity index is 881. The minimum Gasteiger partial charge on any atom is -0.465 e. The van der Waals surface area contributed by atoms with E-state index in [4.69, 9.17) is 5.73 Å². The Morgan fingerprint density at radius 3 is 2.12 bits per heavy atom. The van der Waals surface area contributed by atoms with E-state index in [9.17, 15) is 9.59 Å². The van der Waals surface area contributed by atoms with E-state index in [0.29, 0.717) is 11.1 Å². The molecule has 0 aliphatic heterocycles. The van der Waals surface area contributed by atoms with Gasteiger partial charge in [0.2, 0.25) is 5.91 Å². The molecule has 2 aromatic carbocycles. The van der Waals surface area contributed by atoms with Crippen molar-refractivity contribution in [3.63, 3.8) is 0 Å². The fourth-order valence-electron chi connectivity index (χ4n) is 2.33. The Balaban J connectivity index is 1.85. The molecule has 120 valence electrons. The van der Waals surface area contributed by atoms with Crippen molar-refractivity contribution in [3.8, 4) is 22.5 Å². The number of aromatic amines is 1. The molecule has 1 aromatic heterocycles. The van der Waals surface area contributed by atoms with Crippen LogP contribution in [0.2, 0.25) is 0 Å². The maximum atomic E-state index is 11.5. The van der Waals surface area contributed by atoms with Gasteiger partial charge in [-0.3, -0.25) is 9.89 Å². The molecular weight excluding hydrogens is 306 g/mol. The zero-order valence-electron chi connectivity index (χ0n) is 12.9. The van der Waals surface area contributed by atoms with Crippen LogP contribution in [0.4, 0.5) is 0 Å². The Morgan fingerprint density at radius 2 is 1.54 bits per heavy atom. The molecule has 24 heavy (non-hydrogen) atoms. The molecule has 1 amide bonds. The van der Waals surface area contributed by atoms with Gasteiger partial charge in [-0.25, -0.2) is 4.79 Å². The van der Waals surface area contributed by atoms with E-state index in [-0.39, 0.29) is 5.97 Å². The molecule has 0 unspecified atom stereocenters.